The molecule has 0 spiro atoms. The second-order valence-corrected chi connectivity index (χ2v) is 8.16. The van der Waals surface area contributed by atoms with Crippen LogP contribution in [0, 0.1) is 11.2 Å². The number of benzene rings is 1. The van der Waals surface area contributed by atoms with Crippen LogP contribution in [-0.4, -0.2) is 53.4 Å². The van der Waals surface area contributed by atoms with Gasteiger partial charge < -0.3 is 24.5 Å². The van der Waals surface area contributed by atoms with Crippen molar-refractivity contribution >= 4 is 5.95 Å². The first kappa shape index (κ1) is 21.4. The summed E-state index contributed by atoms with van der Waals surface area (Å²) in [7, 11) is 1.64. The zero-order valence-corrected chi connectivity index (χ0v) is 17.8. The van der Waals surface area contributed by atoms with Gasteiger partial charge in [0.15, 0.2) is 5.82 Å². The molecule has 3 aromatic rings. The van der Waals surface area contributed by atoms with Gasteiger partial charge in [0, 0.05) is 30.8 Å². The highest BCUT2D eigenvalue weighted by Crippen LogP contribution is 2.35. The van der Waals surface area contributed by atoms with Crippen LogP contribution >= 0.6 is 0 Å². The van der Waals surface area contributed by atoms with Crippen LogP contribution in [0.15, 0.2) is 36.5 Å². The van der Waals surface area contributed by atoms with Crippen molar-refractivity contribution in [2.24, 2.45) is 5.41 Å². The lowest BCUT2D eigenvalue weighted by Gasteiger charge is -2.33. The molecule has 0 unspecified atom stereocenters. The number of methoxy groups -OCH3 is 1. The summed E-state index contributed by atoms with van der Waals surface area (Å²) >= 11 is 0. The Kier molecular flexibility index (Phi) is 6.26. The fraction of sp³-hybridized carbons (Fsp3) is 0.409. The Labute approximate surface area is 180 Å². The molecule has 9 heteroatoms. The maximum absolute atomic E-state index is 13.5. The molecule has 1 fully saturated rings. The van der Waals surface area contributed by atoms with Gasteiger partial charge in [-0.05, 0) is 30.3 Å². The largest absolute Gasteiger partial charge is 0.383 e. The highest BCUT2D eigenvalue weighted by molar-refractivity contribution is 5.77. The Balaban J connectivity index is 1.69. The van der Waals surface area contributed by atoms with Gasteiger partial charge in [-0.1, -0.05) is 13.8 Å². The highest BCUT2D eigenvalue weighted by Gasteiger charge is 2.32. The van der Waals surface area contributed by atoms with E-state index in [9.17, 15) is 4.39 Å². The maximum atomic E-state index is 13.5. The number of ether oxygens (including phenoxy) is 3. The van der Waals surface area contributed by atoms with Gasteiger partial charge in [0.1, 0.15) is 5.82 Å². The summed E-state index contributed by atoms with van der Waals surface area (Å²) in [6, 6.07) is 7.97. The van der Waals surface area contributed by atoms with Crippen LogP contribution in [0.3, 0.4) is 0 Å². The van der Waals surface area contributed by atoms with E-state index in [1.54, 1.807) is 31.5 Å². The monoisotopic (exact) mass is 427 g/mol. The van der Waals surface area contributed by atoms with Crippen molar-refractivity contribution in [3.8, 4) is 22.6 Å². The minimum Gasteiger partial charge on any atom is -0.383 e. The second kappa shape index (κ2) is 9.09. The number of imidazole rings is 1. The van der Waals surface area contributed by atoms with Gasteiger partial charge in [-0.15, -0.1) is 0 Å². The van der Waals surface area contributed by atoms with Crippen LogP contribution in [0.1, 0.15) is 26.0 Å². The van der Waals surface area contributed by atoms with Crippen molar-refractivity contribution in [3.05, 3.63) is 48.2 Å². The van der Waals surface area contributed by atoms with Gasteiger partial charge in [0.2, 0.25) is 12.2 Å². The topological polar surface area (TPSA) is 94.2 Å². The standard InChI is InChI=1S/C22H26FN5O3/c1-22(2)12-30-20(31-13-22)19-27-17(14-4-6-15(23)7-5-14)18(28-19)16-8-9-24-21(26-16)25-10-11-29-3/h4-9,20H,10-13H2,1-3H3,(H,27,28)(H,24,25,26). The summed E-state index contributed by atoms with van der Waals surface area (Å²) < 4.78 is 30.3. The molecule has 8 nitrogen and oxygen atoms in total. The predicted octanol–water partition coefficient (Wildman–Crippen LogP) is 3.80. The molecule has 2 N–H and O–H groups in total. The number of hydrogen-bond acceptors (Lipinski definition) is 7. The molecule has 1 aliphatic heterocycles. The summed E-state index contributed by atoms with van der Waals surface area (Å²) in [5, 5.41) is 3.12. The number of aromatic nitrogens is 4. The van der Waals surface area contributed by atoms with Crippen LogP contribution in [0.5, 0.6) is 0 Å². The van der Waals surface area contributed by atoms with E-state index >= 15 is 0 Å². The van der Waals surface area contributed by atoms with E-state index in [1.807, 2.05) is 0 Å². The number of anilines is 1. The van der Waals surface area contributed by atoms with Gasteiger partial charge in [0.25, 0.3) is 0 Å². The third kappa shape index (κ3) is 5.07. The number of aromatic amines is 1. The Bertz CT molecular complexity index is 1010. The fourth-order valence-corrected chi connectivity index (χ4v) is 3.20. The fourth-order valence-electron chi connectivity index (χ4n) is 3.20. The summed E-state index contributed by atoms with van der Waals surface area (Å²) in [4.78, 5) is 16.9. The molecule has 1 saturated heterocycles. The van der Waals surface area contributed by atoms with Crippen molar-refractivity contribution in [1.82, 2.24) is 19.9 Å². The molecule has 3 heterocycles. The van der Waals surface area contributed by atoms with Gasteiger partial charge in [-0.3, -0.25) is 0 Å². The second-order valence-electron chi connectivity index (χ2n) is 8.16. The van der Waals surface area contributed by atoms with E-state index in [0.717, 1.165) is 5.56 Å². The van der Waals surface area contributed by atoms with Crippen LogP contribution < -0.4 is 5.32 Å². The lowest BCUT2D eigenvalue weighted by molar-refractivity contribution is -0.229. The van der Waals surface area contributed by atoms with E-state index < -0.39 is 6.29 Å². The average molecular weight is 427 g/mol. The number of nitrogens with one attached hydrogen (secondary N) is 2. The number of halogens is 1. The zero-order chi connectivity index (χ0) is 21.8. The van der Waals surface area contributed by atoms with Crippen molar-refractivity contribution in [2.75, 3.05) is 38.8 Å². The minimum atomic E-state index is -0.609. The smallest absolute Gasteiger partial charge is 0.223 e. The van der Waals surface area contributed by atoms with Gasteiger partial charge in [0.05, 0.1) is 36.9 Å². The number of nitrogens with zero attached hydrogens (tertiary/aromatic N) is 3. The van der Waals surface area contributed by atoms with E-state index in [-0.39, 0.29) is 11.2 Å². The molecule has 0 bridgehead atoms. The number of rotatable bonds is 7. The lowest BCUT2D eigenvalue weighted by atomic mass is 9.96. The molecule has 164 valence electrons. The van der Waals surface area contributed by atoms with Crippen LogP contribution in [0.2, 0.25) is 0 Å². The van der Waals surface area contributed by atoms with Gasteiger partial charge in [-0.2, -0.15) is 0 Å². The van der Waals surface area contributed by atoms with E-state index in [4.69, 9.17) is 19.2 Å². The lowest BCUT2D eigenvalue weighted by Crippen LogP contribution is -2.34. The predicted molar refractivity (Wildman–Crippen MR) is 114 cm³/mol. The molecule has 1 aliphatic rings. The molecule has 0 amide bonds. The third-order valence-electron chi connectivity index (χ3n) is 4.81. The summed E-state index contributed by atoms with van der Waals surface area (Å²) in [6.45, 7) is 6.40. The first-order valence-electron chi connectivity index (χ1n) is 10.1. The van der Waals surface area contributed by atoms with E-state index in [2.05, 4.69) is 34.1 Å². The normalized spacial score (nSPS) is 16.4. The quantitative estimate of drug-likeness (QED) is 0.554. The van der Waals surface area contributed by atoms with Crippen molar-refractivity contribution in [3.63, 3.8) is 0 Å². The Morgan fingerprint density at radius 3 is 2.61 bits per heavy atom. The average Bonchev–Trinajstić information content (AvgIpc) is 3.20. The summed E-state index contributed by atoms with van der Waals surface area (Å²) in [5.41, 5.74) is 2.65. The molecule has 0 radical (unpaired) electrons. The van der Waals surface area contributed by atoms with Crippen LogP contribution in [0.25, 0.3) is 22.6 Å². The maximum Gasteiger partial charge on any atom is 0.223 e. The first-order chi connectivity index (χ1) is 14.9. The number of H-pyrrole nitrogens is 1. The molecule has 0 saturated carbocycles. The summed E-state index contributed by atoms with van der Waals surface area (Å²) in [6.07, 6.45) is 1.06. The SMILES string of the molecule is COCCNc1nccc(-c2[nH]c(C3OCC(C)(C)CO3)nc2-c2ccc(F)cc2)n1. The van der Waals surface area contributed by atoms with Crippen LogP contribution in [0.4, 0.5) is 10.3 Å². The highest BCUT2D eigenvalue weighted by atomic mass is 19.1. The third-order valence-corrected chi connectivity index (χ3v) is 4.81. The number of hydrogen-bond donors (Lipinski definition) is 2. The Morgan fingerprint density at radius 1 is 1.16 bits per heavy atom. The van der Waals surface area contributed by atoms with Crippen molar-refractivity contribution < 1.29 is 18.6 Å². The summed E-state index contributed by atoms with van der Waals surface area (Å²) in [5.74, 6) is 0.703. The van der Waals surface area contributed by atoms with E-state index in [0.29, 0.717) is 55.2 Å². The van der Waals surface area contributed by atoms with Crippen molar-refractivity contribution in [2.45, 2.75) is 20.1 Å². The molecule has 0 atom stereocenters. The Morgan fingerprint density at radius 2 is 1.90 bits per heavy atom. The molecule has 4 rings (SSSR count). The minimum absolute atomic E-state index is 0.0544. The molecular formula is C22H26FN5O3. The first-order valence-corrected chi connectivity index (χ1v) is 10.1. The van der Waals surface area contributed by atoms with Crippen LogP contribution in [-0.2, 0) is 14.2 Å². The van der Waals surface area contributed by atoms with Gasteiger partial charge >= 0.3 is 0 Å². The molecule has 1 aromatic carbocycles. The Hall–Kier alpha value is -2.88. The molecular weight excluding hydrogens is 401 g/mol. The molecule has 2 aromatic heterocycles. The zero-order valence-electron chi connectivity index (χ0n) is 17.8. The molecule has 31 heavy (non-hydrogen) atoms. The van der Waals surface area contributed by atoms with E-state index in [1.165, 1.54) is 12.1 Å². The van der Waals surface area contributed by atoms with Crippen molar-refractivity contribution in [1.29, 1.82) is 0 Å². The van der Waals surface area contributed by atoms with Gasteiger partial charge in [-0.25, -0.2) is 19.3 Å². The molecule has 0 aliphatic carbocycles.